The topological polar surface area (TPSA) is 88.1 Å². The average Bonchev–Trinajstić information content (AvgIpc) is 2.98. The quantitative estimate of drug-likeness (QED) is 0.608. The predicted molar refractivity (Wildman–Crippen MR) is 98.9 cm³/mol. The van der Waals surface area contributed by atoms with E-state index in [2.05, 4.69) is 15.0 Å². The molecule has 2 aromatic carbocycles. The van der Waals surface area contributed by atoms with Crippen molar-refractivity contribution in [1.82, 2.24) is 19.5 Å². The van der Waals surface area contributed by atoms with Crippen molar-refractivity contribution in [2.45, 2.75) is 6.92 Å². The number of ether oxygens (including phenoxy) is 2. The van der Waals surface area contributed by atoms with Crippen molar-refractivity contribution in [2.24, 2.45) is 0 Å². The Bertz CT molecular complexity index is 1070. The Balaban J connectivity index is 1.88. The minimum absolute atomic E-state index is 0.199. The molecule has 2 N–H and O–H groups in total. The third-order valence-corrected chi connectivity index (χ3v) is 3.87. The molecule has 2 aromatic heterocycles. The van der Waals surface area contributed by atoms with Crippen LogP contribution in [0.4, 0.5) is 5.95 Å². The minimum Gasteiger partial charge on any atom is -0.497 e. The van der Waals surface area contributed by atoms with Crippen LogP contribution in [0.3, 0.4) is 0 Å². The number of para-hydroxylation sites is 2. The summed E-state index contributed by atoms with van der Waals surface area (Å²) in [4.78, 5) is 13.1. The van der Waals surface area contributed by atoms with Crippen molar-refractivity contribution in [3.8, 4) is 23.3 Å². The maximum absolute atomic E-state index is 6.04. The summed E-state index contributed by atoms with van der Waals surface area (Å²) in [5.41, 5.74) is 8.25. The van der Waals surface area contributed by atoms with Gasteiger partial charge in [-0.05, 0) is 31.2 Å². The number of hydrogen-bond donors (Lipinski definition) is 1. The molecule has 0 saturated heterocycles. The van der Waals surface area contributed by atoms with Crippen LogP contribution in [-0.2, 0) is 0 Å². The van der Waals surface area contributed by atoms with Gasteiger partial charge in [0.15, 0.2) is 0 Å². The van der Waals surface area contributed by atoms with Gasteiger partial charge >= 0.3 is 6.01 Å². The molecule has 130 valence electrons. The third kappa shape index (κ3) is 2.90. The molecular weight excluding hydrogens is 330 g/mol. The third-order valence-electron chi connectivity index (χ3n) is 3.87. The number of aryl methyl sites for hydroxylation is 1. The van der Waals surface area contributed by atoms with E-state index in [0.29, 0.717) is 23.3 Å². The Morgan fingerprint density at radius 2 is 1.73 bits per heavy atom. The first-order valence-electron chi connectivity index (χ1n) is 8.05. The minimum atomic E-state index is 0.199. The second-order valence-electron chi connectivity index (χ2n) is 5.73. The van der Waals surface area contributed by atoms with Gasteiger partial charge in [0, 0.05) is 17.8 Å². The number of nitrogens with two attached hydrogens (primary N) is 1. The summed E-state index contributed by atoms with van der Waals surface area (Å²) in [5, 5.41) is 0. The number of nitrogen functional groups attached to an aromatic ring is 1. The highest BCUT2D eigenvalue weighted by molar-refractivity contribution is 5.78. The van der Waals surface area contributed by atoms with Gasteiger partial charge in [-0.2, -0.15) is 9.97 Å². The molecule has 0 radical (unpaired) electrons. The second kappa shape index (κ2) is 6.36. The summed E-state index contributed by atoms with van der Waals surface area (Å²) >= 11 is 0. The van der Waals surface area contributed by atoms with Gasteiger partial charge in [0.25, 0.3) is 0 Å². The lowest BCUT2D eigenvalue weighted by atomic mass is 10.3. The Kier molecular flexibility index (Phi) is 3.89. The molecule has 0 amide bonds. The van der Waals surface area contributed by atoms with Crippen LogP contribution < -0.4 is 15.2 Å². The first kappa shape index (κ1) is 15.9. The first-order chi connectivity index (χ1) is 12.6. The monoisotopic (exact) mass is 347 g/mol. The van der Waals surface area contributed by atoms with E-state index >= 15 is 0 Å². The van der Waals surface area contributed by atoms with Crippen LogP contribution in [0.5, 0.6) is 17.5 Å². The molecule has 0 aliphatic carbocycles. The zero-order valence-corrected chi connectivity index (χ0v) is 14.4. The van der Waals surface area contributed by atoms with Crippen LogP contribution in [-0.4, -0.2) is 26.6 Å². The van der Waals surface area contributed by atoms with E-state index in [1.54, 1.807) is 13.2 Å². The lowest BCUT2D eigenvalue weighted by Crippen LogP contribution is -2.05. The lowest BCUT2D eigenvalue weighted by Gasteiger charge is -2.10. The summed E-state index contributed by atoms with van der Waals surface area (Å²) in [6.45, 7) is 1.86. The maximum atomic E-state index is 6.04. The molecule has 7 nitrogen and oxygen atoms in total. The molecule has 7 heteroatoms. The summed E-state index contributed by atoms with van der Waals surface area (Å²) in [6.07, 6.45) is 0. The van der Waals surface area contributed by atoms with E-state index < -0.39 is 0 Å². The SMILES string of the molecule is COc1cccc(Oc2nc3ccccc3n2-c2cc(C)nc(N)n2)c1. The summed E-state index contributed by atoms with van der Waals surface area (Å²) in [7, 11) is 1.61. The van der Waals surface area contributed by atoms with Crippen LogP contribution in [0.2, 0.25) is 0 Å². The smallest absolute Gasteiger partial charge is 0.308 e. The van der Waals surface area contributed by atoms with Crippen LogP contribution in [0, 0.1) is 6.92 Å². The zero-order valence-electron chi connectivity index (χ0n) is 14.4. The molecule has 0 aliphatic rings. The molecule has 4 rings (SSSR count). The predicted octanol–water partition coefficient (Wildman–Crippen LogP) is 3.51. The molecule has 26 heavy (non-hydrogen) atoms. The van der Waals surface area contributed by atoms with Gasteiger partial charge in [-0.25, -0.2) is 9.55 Å². The Morgan fingerprint density at radius 3 is 2.54 bits per heavy atom. The number of anilines is 1. The molecule has 0 fully saturated rings. The van der Waals surface area contributed by atoms with Crippen LogP contribution in [0.25, 0.3) is 16.9 Å². The van der Waals surface area contributed by atoms with Gasteiger partial charge in [0.2, 0.25) is 5.95 Å². The maximum Gasteiger partial charge on any atom is 0.308 e. The van der Waals surface area contributed by atoms with Gasteiger partial charge in [0.05, 0.1) is 18.1 Å². The van der Waals surface area contributed by atoms with Gasteiger partial charge < -0.3 is 15.2 Å². The number of nitrogens with zero attached hydrogens (tertiary/aromatic N) is 4. The van der Waals surface area contributed by atoms with E-state index in [0.717, 1.165) is 16.7 Å². The number of hydrogen-bond acceptors (Lipinski definition) is 6. The molecule has 0 unspecified atom stereocenters. The van der Waals surface area contributed by atoms with Crippen molar-refractivity contribution in [1.29, 1.82) is 0 Å². The number of benzene rings is 2. The van der Waals surface area contributed by atoms with E-state index in [4.69, 9.17) is 15.2 Å². The van der Waals surface area contributed by atoms with E-state index in [9.17, 15) is 0 Å². The Morgan fingerprint density at radius 1 is 0.923 bits per heavy atom. The molecule has 0 bridgehead atoms. The number of rotatable bonds is 4. The van der Waals surface area contributed by atoms with Crippen molar-refractivity contribution < 1.29 is 9.47 Å². The van der Waals surface area contributed by atoms with Gasteiger partial charge in [0.1, 0.15) is 17.3 Å². The molecule has 0 atom stereocenters. The highest BCUT2D eigenvalue weighted by atomic mass is 16.5. The van der Waals surface area contributed by atoms with E-state index in [1.807, 2.05) is 60.0 Å². The number of methoxy groups -OCH3 is 1. The number of fused-ring (bicyclic) bond motifs is 1. The number of aromatic nitrogens is 4. The molecular formula is C19H17N5O2. The van der Waals surface area contributed by atoms with Crippen molar-refractivity contribution >= 4 is 17.0 Å². The normalized spacial score (nSPS) is 10.8. The van der Waals surface area contributed by atoms with Crippen molar-refractivity contribution in [2.75, 3.05) is 12.8 Å². The molecule has 4 aromatic rings. The molecule has 2 heterocycles. The summed E-state index contributed by atoms with van der Waals surface area (Å²) in [6, 6.07) is 17.3. The van der Waals surface area contributed by atoms with E-state index in [1.165, 1.54) is 0 Å². The fourth-order valence-electron chi connectivity index (χ4n) is 2.75. The molecule has 0 spiro atoms. The standard InChI is InChI=1S/C19H17N5O2/c1-12-10-17(23-18(20)21-12)24-16-9-4-3-8-15(16)22-19(24)26-14-7-5-6-13(11-14)25-2/h3-11H,1-2H3,(H2,20,21,23). The van der Waals surface area contributed by atoms with Gasteiger partial charge in [-0.3, -0.25) is 0 Å². The van der Waals surface area contributed by atoms with Gasteiger partial charge in [-0.15, -0.1) is 0 Å². The average molecular weight is 347 g/mol. The summed E-state index contributed by atoms with van der Waals surface area (Å²) < 4.78 is 13.1. The number of imidazole rings is 1. The highest BCUT2D eigenvalue weighted by Crippen LogP contribution is 2.30. The zero-order chi connectivity index (χ0) is 18.1. The molecule has 0 aliphatic heterocycles. The Hall–Kier alpha value is -3.61. The van der Waals surface area contributed by atoms with Crippen molar-refractivity contribution in [3.05, 3.63) is 60.3 Å². The van der Waals surface area contributed by atoms with Crippen molar-refractivity contribution in [3.63, 3.8) is 0 Å². The van der Waals surface area contributed by atoms with Crippen LogP contribution in [0.15, 0.2) is 54.6 Å². The summed E-state index contributed by atoms with van der Waals surface area (Å²) in [5.74, 6) is 2.11. The van der Waals surface area contributed by atoms with Crippen LogP contribution >= 0.6 is 0 Å². The Labute approximate surface area is 150 Å². The fraction of sp³-hybridized carbons (Fsp3) is 0.105. The van der Waals surface area contributed by atoms with Crippen LogP contribution in [0.1, 0.15) is 5.69 Å². The second-order valence-corrected chi connectivity index (χ2v) is 5.73. The largest absolute Gasteiger partial charge is 0.497 e. The fourth-order valence-corrected chi connectivity index (χ4v) is 2.75. The lowest BCUT2D eigenvalue weighted by molar-refractivity contribution is 0.403. The van der Waals surface area contributed by atoms with Gasteiger partial charge in [-0.1, -0.05) is 18.2 Å². The van der Waals surface area contributed by atoms with E-state index in [-0.39, 0.29) is 5.95 Å². The first-order valence-corrected chi connectivity index (χ1v) is 8.05. The molecule has 0 saturated carbocycles. The highest BCUT2D eigenvalue weighted by Gasteiger charge is 2.16.